The SMILES string of the molecule is Cc1cn(C(C)c2ccccc2)nc1NC(=O)CCC1Cc2ccccc2NC1=O. The van der Waals surface area contributed by atoms with E-state index in [0.29, 0.717) is 18.7 Å². The molecule has 2 unspecified atom stereocenters. The summed E-state index contributed by atoms with van der Waals surface area (Å²) in [6, 6.07) is 18.0. The number of carbonyl (C=O) groups excluding carboxylic acids is 2. The first-order valence-corrected chi connectivity index (χ1v) is 10.3. The Labute approximate surface area is 176 Å². The molecule has 2 heterocycles. The summed E-state index contributed by atoms with van der Waals surface area (Å²) in [7, 11) is 0. The van der Waals surface area contributed by atoms with Crippen LogP contribution in [-0.2, 0) is 16.0 Å². The van der Waals surface area contributed by atoms with Gasteiger partial charge in [0.15, 0.2) is 5.82 Å². The Morgan fingerprint density at radius 2 is 1.93 bits per heavy atom. The van der Waals surface area contributed by atoms with Gasteiger partial charge in [0.05, 0.1) is 6.04 Å². The Morgan fingerprint density at radius 3 is 2.73 bits per heavy atom. The van der Waals surface area contributed by atoms with E-state index in [4.69, 9.17) is 0 Å². The molecule has 30 heavy (non-hydrogen) atoms. The minimum atomic E-state index is -0.192. The van der Waals surface area contributed by atoms with Gasteiger partial charge in [-0.2, -0.15) is 5.10 Å². The zero-order chi connectivity index (χ0) is 21.1. The van der Waals surface area contributed by atoms with Crippen molar-refractivity contribution in [3.05, 3.63) is 77.5 Å². The molecule has 6 nitrogen and oxygen atoms in total. The molecular formula is C24H26N4O2. The summed E-state index contributed by atoms with van der Waals surface area (Å²) in [6.45, 7) is 4.01. The molecule has 0 fully saturated rings. The third-order valence-corrected chi connectivity index (χ3v) is 5.68. The number of amides is 2. The molecule has 3 aromatic rings. The zero-order valence-electron chi connectivity index (χ0n) is 17.3. The quantitative estimate of drug-likeness (QED) is 0.644. The maximum absolute atomic E-state index is 12.5. The highest BCUT2D eigenvalue weighted by molar-refractivity contribution is 5.96. The Balaban J connectivity index is 1.36. The van der Waals surface area contributed by atoms with Crippen molar-refractivity contribution in [2.24, 2.45) is 5.92 Å². The molecule has 2 atom stereocenters. The molecule has 0 aliphatic carbocycles. The Bertz CT molecular complexity index is 1060. The van der Waals surface area contributed by atoms with E-state index >= 15 is 0 Å². The third kappa shape index (κ3) is 4.27. The van der Waals surface area contributed by atoms with Crippen molar-refractivity contribution in [2.45, 2.75) is 39.2 Å². The van der Waals surface area contributed by atoms with Gasteiger partial charge in [-0.15, -0.1) is 0 Å². The second-order valence-corrected chi connectivity index (χ2v) is 7.86. The first kappa shape index (κ1) is 19.9. The third-order valence-electron chi connectivity index (χ3n) is 5.68. The first-order valence-electron chi connectivity index (χ1n) is 10.3. The van der Waals surface area contributed by atoms with Gasteiger partial charge in [-0.25, -0.2) is 0 Å². The van der Waals surface area contributed by atoms with E-state index in [1.165, 1.54) is 0 Å². The van der Waals surface area contributed by atoms with Gasteiger partial charge in [-0.05, 0) is 43.9 Å². The van der Waals surface area contributed by atoms with Crippen LogP contribution in [0.15, 0.2) is 60.8 Å². The average Bonchev–Trinajstić information content (AvgIpc) is 3.12. The summed E-state index contributed by atoms with van der Waals surface area (Å²) in [5, 5.41) is 10.4. The van der Waals surface area contributed by atoms with E-state index in [9.17, 15) is 9.59 Å². The van der Waals surface area contributed by atoms with Crippen molar-refractivity contribution in [2.75, 3.05) is 10.6 Å². The summed E-state index contributed by atoms with van der Waals surface area (Å²) in [4.78, 5) is 24.9. The van der Waals surface area contributed by atoms with E-state index in [0.717, 1.165) is 22.4 Å². The molecule has 1 aromatic heterocycles. The van der Waals surface area contributed by atoms with Crippen molar-refractivity contribution in [1.29, 1.82) is 0 Å². The number of hydrogen-bond acceptors (Lipinski definition) is 3. The van der Waals surface area contributed by atoms with Crippen LogP contribution in [0.3, 0.4) is 0 Å². The van der Waals surface area contributed by atoms with Crippen molar-refractivity contribution >= 4 is 23.3 Å². The molecule has 1 aliphatic rings. The normalized spacial score (nSPS) is 16.5. The summed E-state index contributed by atoms with van der Waals surface area (Å²) < 4.78 is 1.87. The topological polar surface area (TPSA) is 76.0 Å². The van der Waals surface area contributed by atoms with Gasteiger partial charge in [-0.3, -0.25) is 14.3 Å². The molecule has 6 heteroatoms. The highest BCUT2D eigenvalue weighted by Gasteiger charge is 2.26. The fourth-order valence-electron chi connectivity index (χ4n) is 3.84. The number of benzene rings is 2. The highest BCUT2D eigenvalue weighted by atomic mass is 16.2. The van der Waals surface area contributed by atoms with E-state index in [2.05, 4.69) is 34.8 Å². The number of rotatable bonds is 6. The van der Waals surface area contributed by atoms with E-state index in [1.807, 2.05) is 60.3 Å². The van der Waals surface area contributed by atoms with Gasteiger partial charge < -0.3 is 10.6 Å². The molecular weight excluding hydrogens is 376 g/mol. The number of fused-ring (bicyclic) bond motifs is 1. The van der Waals surface area contributed by atoms with Gasteiger partial charge in [0, 0.05) is 29.8 Å². The lowest BCUT2D eigenvalue weighted by molar-refractivity contribution is -0.121. The first-order chi connectivity index (χ1) is 14.5. The van der Waals surface area contributed by atoms with Gasteiger partial charge in [0.2, 0.25) is 11.8 Å². The standard InChI is InChI=1S/C24H26N4O2/c1-16-15-28(17(2)18-8-4-3-5-9-18)27-23(16)26-22(29)13-12-20-14-19-10-6-7-11-21(19)25-24(20)30/h3-11,15,17,20H,12-14H2,1-2H3,(H,25,30)(H,26,27,29). The van der Waals surface area contributed by atoms with Gasteiger partial charge in [0.1, 0.15) is 0 Å². The molecule has 1 aliphatic heterocycles. The van der Waals surface area contributed by atoms with Crippen molar-refractivity contribution < 1.29 is 9.59 Å². The van der Waals surface area contributed by atoms with Gasteiger partial charge in [0.25, 0.3) is 0 Å². The minimum Gasteiger partial charge on any atom is -0.326 e. The van der Waals surface area contributed by atoms with Crippen LogP contribution >= 0.6 is 0 Å². The number of anilines is 2. The molecule has 4 rings (SSSR count). The van der Waals surface area contributed by atoms with E-state index in [1.54, 1.807) is 0 Å². The van der Waals surface area contributed by atoms with E-state index < -0.39 is 0 Å². The molecule has 2 aromatic carbocycles. The number of aryl methyl sites for hydroxylation is 1. The van der Waals surface area contributed by atoms with Crippen LogP contribution < -0.4 is 10.6 Å². The fraction of sp³-hybridized carbons (Fsp3) is 0.292. The van der Waals surface area contributed by atoms with Crippen LogP contribution in [0, 0.1) is 12.8 Å². The predicted molar refractivity (Wildman–Crippen MR) is 117 cm³/mol. The zero-order valence-corrected chi connectivity index (χ0v) is 17.3. The lowest BCUT2D eigenvalue weighted by Crippen LogP contribution is -2.30. The number of carbonyl (C=O) groups is 2. The average molecular weight is 402 g/mol. The molecule has 0 radical (unpaired) electrons. The lowest BCUT2D eigenvalue weighted by atomic mass is 9.89. The number of nitrogens with zero attached hydrogens (tertiary/aromatic N) is 2. The molecule has 2 amide bonds. The van der Waals surface area contributed by atoms with Gasteiger partial charge >= 0.3 is 0 Å². The Morgan fingerprint density at radius 1 is 1.20 bits per heavy atom. The van der Waals surface area contributed by atoms with Gasteiger partial charge in [-0.1, -0.05) is 48.5 Å². The molecule has 2 N–H and O–H groups in total. The fourth-order valence-corrected chi connectivity index (χ4v) is 3.84. The second-order valence-electron chi connectivity index (χ2n) is 7.86. The maximum Gasteiger partial charge on any atom is 0.227 e. The second kappa shape index (κ2) is 8.53. The Hall–Kier alpha value is -3.41. The predicted octanol–water partition coefficient (Wildman–Crippen LogP) is 4.33. The molecule has 0 saturated carbocycles. The summed E-state index contributed by atoms with van der Waals surface area (Å²) in [5.74, 6) is 0.240. The van der Waals surface area contributed by atoms with Crippen molar-refractivity contribution in [3.63, 3.8) is 0 Å². The number of para-hydroxylation sites is 1. The number of aromatic nitrogens is 2. The monoisotopic (exact) mass is 402 g/mol. The smallest absolute Gasteiger partial charge is 0.227 e. The van der Waals surface area contributed by atoms with Crippen LogP contribution in [0.2, 0.25) is 0 Å². The van der Waals surface area contributed by atoms with Crippen LogP contribution in [0.4, 0.5) is 11.5 Å². The number of hydrogen-bond donors (Lipinski definition) is 2. The van der Waals surface area contributed by atoms with E-state index in [-0.39, 0.29) is 30.2 Å². The summed E-state index contributed by atoms with van der Waals surface area (Å²) in [5.41, 5.74) is 4.06. The maximum atomic E-state index is 12.5. The van der Waals surface area contributed by atoms with Crippen molar-refractivity contribution in [1.82, 2.24) is 9.78 Å². The van der Waals surface area contributed by atoms with Crippen LogP contribution in [-0.4, -0.2) is 21.6 Å². The van der Waals surface area contributed by atoms with Crippen molar-refractivity contribution in [3.8, 4) is 0 Å². The highest BCUT2D eigenvalue weighted by Crippen LogP contribution is 2.28. The molecule has 154 valence electrons. The van der Waals surface area contributed by atoms with Crippen LogP contribution in [0.5, 0.6) is 0 Å². The molecule has 0 bridgehead atoms. The molecule has 0 spiro atoms. The minimum absolute atomic E-state index is 0.0151. The largest absolute Gasteiger partial charge is 0.326 e. The van der Waals surface area contributed by atoms with Crippen LogP contribution in [0.1, 0.15) is 42.5 Å². The lowest BCUT2D eigenvalue weighted by Gasteiger charge is -2.24. The summed E-state index contributed by atoms with van der Waals surface area (Å²) in [6.07, 6.45) is 3.39. The van der Waals surface area contributed by atoms with Crippen LogP contribution in [0.25, 0.3) is 0 Å². The Kier molecular flexibility index (Phi) is 5.65. The summed E-state index contributed by atoms with van der Waals surface area (Å²) >= 11 is 0. The number of nitrogens with one attached hydrogen (secondary N) is 2. The molecule has 0 saturated heterocycles.